The number of rotatable bonds is 5. The Balaban J connectivity index is 1.49. The standard InChI is InChI=1S/C31H30ClFN6O4/c1-17-6-4-9-26(40)35-23-14-19(15-27(41)43-3)10-11-21(23)20-12-13-34-24(16-20)29(17)36-31(42)30-18(2)39(38-37-30)25-8-5-7-22(32)28(25)33/h5,7-8,10-14,16-17,29H,4,6,9,15H2,1-3H3,(H,35,40)(H,36,42)/t17?,29-/m0/s1. The number of hydrogen-bond acceptors (Lipinski definition) is 7. The van der Waals surface area contributed by atoms with Crippen molar-refractivity contribution in [3.05, 3.63) is 88.2 Å². The molecule has 5 rings (SSSR count). The second-order valence-electron chi connectivity index (χ2n) is 10.5. The Hall–Kier alpha value is -4.64. The Morgan fingerprint density at radius 1 is 1.21 bits per heavy atom. The average Bonchev–Trinajstić information content (AvgIpc) is 3.37. The van der Waals surface area contributed by atoms with Crippen LogP contribution in [0.4, 0.5) is 10.1 Å². The number of pyridine rings is 1. The molecule has 222 valence electrons. The van der Waals surface area contributed by atoms with Gasteiger partial charge in [-0.1, -0.05) is 41.9 Å². The Morgan fingerprint density at radius 2 is 2.02 bits per heavy atom. The van der Waals surface area contributed by atoms with Crippen LogP contribution in [0, 0.1) is 18.7 Å². The summed E-state index contributed by atoms with van der Waals surface area (Å²) in [7, 11) is 1.33. The summed E-state index contributed by atoms with van der Waals surface area (Å²) in [5.41, 5.74) is 3.87. The number of amides is 2. The lowest BCUT2D eigenvalue weighted by Gasteiger charge is -2.26. The zero-order valence-corrected chi connectivity index (χ0v) is 24.6. The van der Waals surface area contributed by atoms with E-state index in [1.807, 2.05) is 31.2 Å². The number of carbonyl (C=O) groups excluding carboxylic acids is 3. The molecular weight excluding hydrogens is 575 g/mol. The second-order valence-corrected chi connectivity index (χ2v) is 10.9. The van der Waals surface area contributed by atoms with E-state index in [0.29, 0.717) is 35.5 Å². The van der Waals surface area contributed by atoms with Gasteiger partial charge in [-0.05, 0) is 67.1 Å². The van der Waals surface area contributed by atoms with Crippen molar-refractivity contribution in [2.45, 2.75) is 45.6 Å². The first-order valence-corrected chi connectivity index (χ1v) is 14.2. The summed E-state index contributed by atoms with van der Waals surface area (Å²) >= 11 is 5.95. The fraction of sp³-hybridized carbons (Fsp3) is 0.290. The predicted octanol–water partition coefficient (Wildman–Crippen LogP) is 5.38. The van der Waals surface area contributed by atoms with Crippen LogP contribution in [0.5, 0.6) is 0 Å². The van der Waals surface area contributed by atoms with E-state index in [1.165, 1.54) is 23.9 Å². The van der Waals surface area contributed by atoms with Crippen LogP contribution in [-0.4, -0.2) is 44.9 Å². The summed E-state index contributed by atoms with van der Waals surface area (Å²) in [6.07, 6.45) is 3.19. The second kappa shape index (κ2) is 12.7. The largest absolute Gasteiger partial charge is 0.469 e. The van der Waals surface area contributed by atoms with Gasteiger partial charge >= 0.3 is 5.97 Å². The van der Waals surface area contributed by atoms with Crippen LogP contribution in [-0.2, 0) is 20.7 Å². The van der Waals surface area contributed by atoms with Gasteiger partial charge in [-0.25, -0.2) is 9.07 Å². The molecule has 3 heterocycles. The number of ether oxygens (including phenoxy) is 1. The molecule has 12 heteroatoms. The van der Waals surface area contributed by atoms with Crippen LogP contribution in [0.3, 0.4) is 0 Å². The molecule has 10 nitrogen and oxygen atoms in total. The third-order valence-electron chi connectivity index (χ3n) is 7.53. The maximum Gasteiger partial charge on any atom is 0.309 e. The van der Waals surface area contributed by atoms with E-state index >= 15 is 0 Å². The van der Waals surface area contributed by atoms with Crippen molar-refractivity contribution >= 4 is 35.1 Å². The Kier molecular flexibility index (Phi) is 8.81. The molecule has 0 fully saturated rings. The number of hydrogen-bond donors (Lipinski definition) is 2. The Bertz CT molecular complexity index is 1710. The number of nitrogens with zero attached hydrogens (tertiary/aromatic N) is 4. The molecule has 0 aliphatic carbocycles. The number of fused-ring (bicyclic) bond motifs is 4. The first kappa shape index (κ1) is 29.8. The van der Waals surface area contributed by atoms with Crippen molar-refractivity contribution in [3.8, 4) is 16.8 Å². The quantitative estimate of drug-likeness (QED) is 0.293. The van der Waals surface area contributed by atoms with Gasteiger partial charge in [-0.2, -0.15) is 0 Å². The van der Waals surface area contributed by atoms with Crippen LogP contribution < -0.4 is 10.6 Å². The van der Waals surface area contributed by atoms with Gasteiger partial charge in [0, 0.05) is 23.9 Å². The number of aromatic nitrogens is 4. The van der Waals surface area contributed by atoms with E-state index in [1.54, 1.807) is 25.3 Å². The fourth-order valence-electron chi connectivity index (χ4n) is 5.19. The molecule has 2 bridgehead atoms. The van der Waals surface area contributed by atoms with Crippen molar-refractivity contribution in [2.24, 2.45) is 5.92 Å². The number of benzene rings is 2. The third kappa shape index (κ3) is 6.41. The summed E-state index contributed by atoms with van der Waals surface area (Å²) in [5, 5.41) is 14.0. The molecular formula is C31H30ClFN6O4. The van der Waals surface area contributed by atoms with Gasteiger partial charge < -0.3 is 15.4 Å². The highest BCUT2D eigenvalue weighted by Gasteiger charge is 2.28. The summed E-state index contributed by atoms with van der Waals surface area (Å²) in [4.78, 5) is 42.9. The normalized spacial score (nSPS) is 16.7. The maximum absolute atomic E-state index is 14.7. The van der Waals surface area contributed by atoms with Crippen molar-refractivity contribution in [1.82, 2.24) is 25.3 Å². The molecule has 43 heavy (non-hydrogen) atoms. The minimum Gasteiger partial charge on any atom is -0.469 e. The van der Waals surface area contributed by atoms with Gasteiger partial charge in [0.25, 0.3) is 5.91 Å². The summed E-state index contributed by atoms with van der Waals surface area (Å²) in [6.45, 7) is 3.61. The molecule has 0 saturated heterocycles. The van der Waals surface area contributed by atoms with Gasteiger partial charge in [-0.3, -0.25) is 19.4 Å². The molecule has 2 atom stereocenters. The zero-order chi connectivity index (χ0) is 30.7. The van der Waals surface area contributed by atoms with E-state index in [4.69, 9.17) is 16.3 Å². The van der Waals surface area contributed by atoms with E-state index in [9.17, 15) is 18.8 Å². The molecule has 2 N–H and O–H groups in total. The van der Waals surface area contributed by atoms with Gasteiger partial charge in [-0.15, -0.1) is 5.10 Å². The first-order valence-electron chi connectivity index (χ1n) is 13.8. The minimum atomic E-state index is -0.667. The van der Waals surface area contributed by atoms with Crippen LogP contribution >= 0.6 is 11.6 Å². The fourth-order valence-corrected chi connectivity index (χ4v) is 5.36. The van der Waals surface area contributed by atoms with Crippen LogP contribution in [0.2, 0.25) is 5.02 Å². The maximum atomic E-state index is 14.7. The monoisotopic (exact) mass is 604 g/mol. The smallest absolute Gasteiger partial charge is 0.309 e. The van der Waals surface area contributed by atoms with Crippen LogP contribution in [0.25, 0.3) is 16.8 Å². The van der Waals surface area contributed by atoms with E-state index in [0.717, 1.165) is 11.1 Å². The van der Waals surface area contributed by atoms with Gasteiger partial charge in [0.05, 0.1) is 36.0 Å². The van der Waals surface area contributed by atoms with Gasteiger partial charge in [0.2, 0.25) is 5.91 Å². The SMILES string of the molecule is COC(=O)Cc1ccc2c(c1)NC(=O)CCCC(C)[C@H](NC(=O)c1nnn(-c3cccc(Cl)c3F)c1C)c1cc-2ccn1. The molecule has 2 aromatic carbocycles. The number of carbonyl (C=O) groups is 3. The highest BCUT2D eigenvalue weighted by Crippen LogP contribution is 2.34. The lowest BCUT2D eigenvalue weighted by molar-refractivity contribution is -0.139. The number of anilines is 1. The number of esters is 1. The summed E-state index contributed by atoms with van der Waals surface area (Å²) in [6, 6.07) is 13.1. The molecule has 2 amide bonds. The highest BCUT2D eigenvalue weighted by atomic mass is 35.5. The van der Waals surface area contributed by atoms with Crippen molar-refractivity contribution in [3.63, 3.8) is 0 Å². The molecule has 4 aromatic rings. The highest BCUT2D eigenvalue weighted by molar-refractivity contribution is 6.30. The first-order chi connectivity index (χ1) is 20.7. The summed E-state index contributed by atoms with van der Waals surface area (Å²) < 4.78 is 20.7. The minimum absolute atomic E-state index is 0.0386. The van der Waals surface area contributed by atoms with E-state index < -0.39 is 17.8 Å². The molecule has 0 radical (unpaired) electrons. The Labute approximate surface area is 252 Å². The number of methoxy groups -OCH3 is 1. The lowest BCUT2D eigenvalue weighted by Crippen LogP contribution is -2.34. The van der Waals surface area contributed by atoms with Crippen molar-refractivity contribution in [1.29, 1.82) is 0 Å². The van der Waals surface area contributed by atoms with Gasteiger partial charge in [0.15, 0.2) is 11.5 Å². The van der Waals surface area contributed by atoms with Crippen LogP contribution in [0.1, 0.15) is 59.7 Å². The Morgan fingerprint density at radius 3 is 2.81 bits per heavy atom. The average molecular weight is 605 g/mol. The molecule has 1 aliphatic heterocycles. The lowest BCUT2D eigenvalue weighted by atomic mass is 9.90. The predicted molar refractivity (Wildman–Crippen MR) is 158 cm³/mol. The van der Waals surface area contributed by atoms with Crippen molar-refractivity contribution in [2.75, 3.05) is 12.4 Å². The molecule has 2 aromatic heterocycles. The zero-order valence-electron chi connectivity index (χ0n) is 23.9. The van der Waals surface area contributed by atoms with Crippen molar-refractivity contribution < 1.29 is 23.5 Å². The summed E-state index contributed by atoms with van der Waals surface area (Å²) in [5.74, 6) is -1.79. The molecule has 0 saturated carbocycles. The molecule has 0 spiro atoms. The number of nitrogens with one attached hydrogen (secondary N) is 2. The van der Waals surface area contributed by atoms with Crippen LogP contribution in [0.15, 0.2) is 54.7 Å². The van der Waals surface area contributed by atoms with E-state index in [-0.39, 0.29) is 47.0 Å². The van der Waals surface area contributed by atoms with Gasteiger partial charge in [0.1, 0.15) is 5.69 Å². The number of halogens is 2. The topological polar surface area (TPSA) is 128 Å². The molecule has 1 unspecified atom stereocenters. The molecule has 1 aliphatic rings. The van der Waals surface area contributed by atoms with E-state index in [2.05, 4.69) is 25.9 Å². The third-order valence-corrected chi connectivity index (χ3v) is 7.82.